The third-order valence-electron chi connectivity index (χ3n) is 0.734. The predicted octanol–water partition coefficient (Wildman–Crippen LogP) is 3.48. The van der Waals surface area contributed by atoms with Gasteiger partial charge in [-0.05, 0) is 24.7 Å². The average molecular weight is 160 g/mol. The summed E-state index contributed by atoms with van der Waals surface area (Å²) in [5, 5.41) is 3.72. The van der Waals surface area contributed by atoms with E-state index >= 15 is 0 Å². The molecule has 9 heavy (non-hydrogen) atoms. The minimum atomic E-state index is 0.198. The van der Waals surface area contributed by atoms with Gasteiger partial charge < -0.3 is 0 Å². The molecule has 0 bridgehead atoms. The van der Waals surface area contributed by atoms with Crippen molar-refractivity contribution in [2.24, 2.45) is 0 Å². The lowest BCUT2D eigenvalue weighted by atomic mass is 10.5. The summed E-state index contributed by atoms with van der Waals surface area (Å²) in [6.07, 6.45) is 0. The second kappa shape index (κ2) is 4.07. The van der Waals surface area contributed by atoms with Gasteiger partial charge in [-0.15, -0.1) is 23.5 Å². The molecule has 0 aliphatic heterocycles. The van der Waals surface area contributed by atoms with Gasteiger partial charge in [0.1, 0.15) is 0 Å². The van der Waals surface area contributed by atoms with Crippen LogP contribution in [0.15, 0.2) is 24.0 Å². The van der Waals surface area contributed by atoms with Gasteiger partial charge in [0.2, 0.25) is 0 Å². The molecule has 52 valence electrons. The minimum absolute atomic E-state index is 0.198. The monoisotopic (exact) mass is 160 g/mol. The van der Waals surface area contributed by atoms with E-state index in [4.69, 9.17) is 0 Å². The Hall–Kier alpha value is 0.180. The summed E-state index contributed by atoms with van der Waals surface area (Å²) in [7, 11) is 0. The van der Waals surface area contributed by atoms with Gasteiger partial charge in [-0.2, -0.15) is 0 Å². The summed E-state index contributed by atoms with van der Waals surface area (Å²) in [4.78, 5) is 0. The van der Waals surface area contributed by atoms with Crippen LogP contribution in [0.2, 0.25) is 0 Å². The Labute approximate surface area is 65.8 Å². The van der Waals surface area contributed by atoms with Crippen molar-refractivity contribution in [3.63, 3.8) is 0 Å². The molecule has 0 aromatic carbocycles. The Bertz CT molecular complexity index is 93.5. The van der Waals surface area contributed by atoms with Crippen molar-refractivity contribution in [1.82, 2.24) is 0 Å². The highest BCUT2D eigenvalue weighted by Crippen LogP contribution is 2.36. The number of thioether (sulfide) groups is 2. The number of rotatable bonds is 4. The van der Waals surface area contributed by atoms with Gasteiger partial charge in [0.15, 0.2) is 0 Å². The van der Waals surface area contributed by atoms with E-state index in [2.05, 4.69) is 27.0 Å². The van der Waals surface area contributed by atoms with Gasteiger partial charge >= 0.3 is 0 Å². The fourth-order valence-corrected chi connectivity index (χ4v) is 1.86. The number of hydrogen-bond acceptors (Lipinski definition) is 2. The summed E-state index contributed by atoms with van der Waals surface area (Å²) in [5.74, 6) is 0. The van der Waals surface area contributed by atoms with Gasteiger partial charge in [-0.1, -0.05) is 13.2 Å². The standard InChI is InChI=1S/C7H12S2/c1-5-8-7(3,4)9-6-2/h5-6H,1-2H2,3-4H3. The van der Waals surface area contributed by atoms with Gasteiger partial charge in [-0.25, -0.2) is 0 Å². The second-order valence-electron chi connectivity index (χ2n) is 1.97. The molecule has 0 aromatic rings. The van der Waals surface area contributed by atoms with Crippen molar-refractivity contribution >= 4 is 23.5 Å². The van der Waals surface area contributed by atoms with Crippen molar-refractivity contribution in [1.29, 1.82) is 0 Å². The molecule has 0 saturated carbocycles. The van der Waals surface area contributed by atoms with Crippen LogP contribution in [0.5, 0.6) is 0 Å². The van der Waals surface area contributed by atoms with Crippen LogP contribution in [0.25, 0.3) is 0 Å². The Morgan fingerprint density at radius 1 is 1.11 bits per heavy atom. The summed E-state index contributed by atoms with van der Waals surface area (Å²) in [6.45, 7) is 11.6. The largest absolute Gasteiger partial charge is 0.117 e. The molecule has 0 aliphatic carbocycles. The topological polar surface area (TPSA) is 0 Å². The van der Waals surface area contributed by atoms with Crippen LogP contribution < -0.4 is 0 Å². The second-order valence-corrected chi connectivity index (χ2v) is 5.41. The van der Waals surface area contributed by atoms with E-state index in [0.29, 0.717) is 0 Å². The van der Waals surface area contributed by atoms with Gasteiger partial charge in [0.05, 0.1) is 4.08 Å². The molecule has 0 heterocycles. The maximum Gasteiger partial charge on any atom is 0.0636 e. The lowest BCUT2D eigenvalue weighted by Gasteiger charge is -2.18. The quantitative estimate of drug-likeness (QED) is 0.577. The van der Waals surface area contributed by atoms with Crippen LogP contribution >= 0.6 is 23.5 Å². The summed E-state index contributed by atoms with van der Waals surface area (Å²) in [5.41, 5.74) is 0. The molecule has 0 amide bonds. The summed E-state index contributed by atoms with van der Waals surface area (Å²) >= 11 is 3.43. The van der Waals surface area contributed by atoms with E-state index in [0.717, 1.165) is 0 Å². The first-order chi connectivity index (χ1) is 4.12. The molecule has 2 heteroatoms. The average Bonchev–Trinajstić information content (AvgIpc) is 1.64. The molecule has 0 spiro atoms. The van der Waals surface area contributed by atoms with Gasteiger partial charge in [0.25, 0.3) is 0 Å². The Morgan fingerprint density at radius 3 is 1.67 bits per heavy atom. The zero-order valence-electron chi connectivity index (χ0n) is 5.89. The van der Waals surface area contributed by atoms with Crippen LogP contribution in [-0.4, -0.2) is 4.08 Å². The zero-order chi connectivity index (χ0) is 7.33. The normalized spacial score (nSPS) is 10.9. The molecule has 0 aliphatic rings. The highest BCUT2D eigenvalue weighted by molar-refractivity contribution is 8.20. The zero-order valence-corrected chi connectivity index (χ0v) is 7.52. The molecule has 0 rings (SSSR count). The molecular formula is C7H12S2. The van der Waals surface area contributed by atoms with E-state index in [1.165, 1.54) is 0 Å². The van der Waals surface area contributed by atoms with Crippen molar-refractivity contribution in [2.45, 2.75) is 17.9 Å². The lowest BCUT2D eigenvalue weighted by Crippen LogP contribution is -2.04. The van der Waals surface area contributed by atoms with E-state index in [1.807, 2.05) is 10.8 Å². The van der Waals surface area contributed by atoms with Crippen LogP contribution in [-0.2, 0) is 0 Å². The van der Waals surface area contributed by atoms with E-state index in [9.17, 15) is 0 Å². The van der Waals surface area contributed by atoms with E-state index < -0.39 is 0 Å². The molecular weight excluding hydrogens is 148 g/mol. The maximum absolute atomic E-state index is 3.64. The van der Waals surface area contributed by atoms with Crippen molar-refractivity contribution in [3.05, 3.63) is 24.0 Å². The van der Waals surface area contributed by atoms with E-state index in [-0.39, 0.29) is 4.08 Å². The van der Waals surface area contributed by atoms with Crippen LogP contribution in [0.4, 0.5) is 0 Å². The molecule has 0 N–H and O–H groups in total. The van der Waals surface area contributed by atoms with Crippen LogP contribution in [0.1, 0.15) is 13.8 Å². The van der Waals surface area contributed by atoms with Crippen LogP contribution in [0.3, 0.4) is 0 Å². The SMILES string of the molecule is C=CSC(C)(C)SC=C. The lowest BCUT2D eigenvalue weighted by molar-refractivity contribution is 1.04. The van der Waals surface area contributed by atoms with Crippen molar-refractivity contribution in [2.75, 3.05) is 0 Å². The Kier molecular flexibility index (Phi) is 4.15. The third-order valence-corrected chi connectivity index (χ3v) is 2.78. The Morgan fingerprint density at radius 2 is 1.44 bits per heavy atom. The molecule has 0 nitrogen and oxygen atoms in total. The summed E-state index contributed by atoms with van der Waals surface area (Å²) < 4.78 is 0.198. The maximum atomic E-state index is 3.64. The fourth-order valence-electron chi connectivity index (χ4n) is 0.429. The Balaban J connectivity index is 3.68. The minimum Gasteiger partial charge on any atom is -0.117 e. The molecule has 0 saturated heterocycles. The molecule has 0 radical (unpaired) electrons. The molecule has 0 fully saturated rings. The predicted molar refractivity (Wildman–Crippen MR) is 49.7 cm³/mol. The first kappa shape index (κ1) is 9.18. The van der Waals surface area contributed by atoms with Gasteiger partial charge in [0, 0.05) is 0 Å². The molecule has 0 atom stereocenters. The van der Waals surface area contributed by atoms with Crippen LogP contribution in [0, 0.1) is 0 Å². The highest BCUT2D eigenvalue weighted by atomic mass is 32.2. The smallest absolute Gasteiger partial charge is 0.0636 e. The summed E-state index contributed by atoms with van der Waals surface area (Å²) in [6, 6.07) is 0. The van der Waals surface area contributed by atoms with Crippen molar-refractivity contribution < 1.29 is 0 Å². The first-order valence-corrected chi connectivity index (χ1v) is 4.46. The van der Waals surface area contributed by atoms with Crippen molar-refractivity contribution in [3.8, 4) is 0 Å². The molecule has 0 unspecified atom stereocenters. The molecule has 0 aromatic heterocycles. The van der Waals surface area contributed by atoms with E-state index in [1.54, 1.807) is 23.5 Å². The highest BCUT2D eigenvalue weighted by Gasteiger charge is 2.14. The third kappa shape index (κ3) is 4.67. The number of hydrogen-bond donors (Lipinski definition) is 0. The fraction of sp³-hybridized carbons (Fsp3) is 0.429. The van der Waals surface area contributed by atoms with Gasteiger partial charge in [-0.3, -0.25) is 0 Å². The first-order valence-electron chi connectivity index (χ1n) is 2.70.